The molecule has 0 radical (unpaired) electrons. The fourth-order valence-corrected chi connectivity index (χ4v) is 13.7. The monoisotopic (exact) mass is 1520 g/mol. The Morgan fingerprint density at radius 1 is 0.404 bits per heavy atom. The molecule has 0 spiro atoms. The first-order chi connectivity index (χ1) is 44.6. The SMILES string of the molecule is COP(O)(=S)OCCCCOCC(COCCCOP(O)(=S)OCCCCO[C@@H]1OC(CO)[C@H](O)[C@H](O)C1C)(COCCCOP(O)(=S)OCCCCO[C@@H]1OC(CO)[C@H](O)[C@H](O)C1C)COCCCOP(O)(=S)OCCCCO[C@@H]1OC(CO)[C@H](O)[C@H](O)C1NC(C)=O. The van der Waals surface area contributed by atoms with Crippen molar-refractivity contribution in [3.63, 3.8) is 0 Å². The van der Waals surface area contributed by atoms with E-state index in [4.69, 9.17) is 131 Å². The lowest BCUT2D eigenvalue weighted by molar-refractivity contribution is -0.282. The van der Waals surface area contributed by atoms with Crippen molar-refractivity contribution < 1.29 is 154 Å². The second kappa shape index (κ2) is 48.0. The quantitative estimate of drug-likeness (QED) is 0.0284. The van der Waals surface area contributed by atoms with E-state index < -0.39 is 150 Å². The lowest BCUT2D eigenvalue weighted by Gasteiger charge is -2.42. The van der Waals surface area contributed by atoms with Gasteiger partial charge in [-0.15, -0.1) is 0 Å². The average molecular weight is 1520 g/mol. The van der Waals surface area contributed by atoms with Crippen LogP contribution in [0.5, 0.6) is 0 Å². The number of amides is 1. The van der Waals surface area contributed by atoms with Gasteiger partial charge in [0.05, 0.1) is 110 Å². The van der Waals surface area contributed by atoms with Gasteiger partial charge in [-0.05, 0) is 118 Å². The van der Waals surface area contributed by atoms with Crippen LogP contribution in [0.3, 0.4) is 0 Å². The standard InChI is InChI=1S/C53H105NO32P4S4/c1-37-44(59)46(61)40(30-55)84-50(37)74-20-6-10-24-78-88(66,92)81-27-13-17-71-34-53(33-70-16-5-9-23-77-87(65,91)69-4,35-72-18-14-28-82-89(67,93)79-25-11-7-21-75-51-38(2)45(60)47(62)41(31-56)85-51)36-73-19-15-29-83-90(68,94)80-26-12-8-22-76-52-43(54-39(3)58)49(64)48(63)42(32-57)86-52/h37-38,40-52,55-57,59-64H,5-36H2,1-4H3,(H,54,58)(H,65,91)(H,66,92)(H,67,93)(H,68,94)/t37?,38?,40?,41?,42?,43?,44-,45-,46+,47+,48+,49-,50-,51-,52-,53?,87?,88?,89?,90?/m1/s1. The largest absolute Gasteiger partial charge is 0.394 e. The average Bonchev–Trinajstić information content (AvgIpc) is 0.843. The summed E-state index contributed by atoms with van der Waals surface area (Å²) in [6.45, 7) is -10.1. The molecule has 33 nitrogen and oxygen atoms in total. The second-order valence-electron chi connectivity index (χ2n) is 22.7. The predicted octanol–water partition coefficient (Wildman–Crippen LogP) is 0.104. The molecule has 3 aliphatic heterocycles. The Morgan fingerprint density at radius 3 is 0.989 bits per heavy atom. The van der Waals surface area contributed by atoms with Gasteiger partial charge in [0.2, 0.25) is 5.91 Å². The van der Waals surface area contributed by atoms with Crippen molar-refractivity contribution in [3.8, 4) is 0 Å². The maximum atomic E-state index is 11.7. The van der Waals surface area contributed by atoms with Crippen molar-refractivity contribution in [1.29, 1.82) is 0 Å². The van der Waals surface area contributed by atoms with Crippen LogP contribution >= 0.6 is 26.9 Å². The van der Waals surface area contributed by atoms with E-state index in [1.807, 2.05) is 0 Å². The molecular formula is C53H105NO32P4S4. The van der Waals surface area contributed by atoms with E-state index in [9.17, 15) is 70.3 Å². The van der Waals surface area contributed by atoms with E-state index in [2.05, 4.69) is 5.32 Å². The first-order valence-corrected chi connectivity index (χ1v) is 41.6. The van der Waals surface area contributed by atoms with E-state index >= 15 is 0 Å². The van der Waals surface area contributed by atoms with E-state index in [-0.39, 0.29) is 138 Å². The van der Waals surface area contributed by atoms with Crippen LogP contribution in [0.25, 0.3) is 0 Å². The number of rotatable bonds is 55. The molecule has 10 unspecified atom stereocenters. The summed E-state index contributed by atoms with van der Waals surface area (Å²) in [4.78, 5) is 54.0. The van der Waals surface area contributed by atoms with Crippen LogP contribution in [0, 0.1) is 17.3 Å². The summed E-state index contributed by atoms with van der Waals surface area (Å²) >= 11 is 20.6. The lowest BCUT2D eigenvalue weighted by Crippen LogP contribution is -2.64. The molecule has 3 fully saturated rings. The highest BCUT2D eigenvalue weighted by Gasteiger charge is 2.46. The third kappa shape index (κ3) is 35.3. The van der Waals surface area contributed by atoms with E-state index in [0.29, 0.717) is 51.4 Å². The summed E-state index contributed by atoms with van der Waals surface area (Å²) < 4.78 is 102. The second-order valence-corrected chi connectivity index (χ2v) is 34.1. The number of carbonyl (C=O) groups excluding carboxylic acids is 1. The van der Waals surface area contributed by atoms with Gasteiger partial charge in [0.1, 0.15) is 48.8 Å². The predicted molar refractivity (Wildman–Crippen MR) is 348 cm³/mol. The van der Waals surface area contributed by atoms with Gasteiger partial charge in [0.25, 0.3) is 0 Å². The van der Waals surface area contributed by atoms with Crippen molar-refractivity contribution >= 4 is 80.0 Å². The van der Waals surface area contributed by atoms with Crippen LogP contribution in [0.15, 0.2) is 0 Å². The number of unbranched alkanes of at least 4 members (excludes halogenated alkanes) is 4. The fraction of sp³-hybridized carbons (Fsp3) is 0.981. The van der Waals surface area contributed by atoms with Gasteiger partial charge in [-0.3, -0.25) is 4.79 Å². The minimum Gasteiger partial charge on any atom is -0.394 e. The van der Waals surface area contributed by atoms with Crippen LogP contribution in [0.2, 0.25) is 0 Å². The van der Waals surface area contributed by atoms with E-state index in [1.54, 1.807) is 13.8 Å². The highest BCUT2D eigenvalue weighted by atomic mass is 32.5. The van der Waals surface area contributed by atoms with Crippen molar-refractivity contribution in [2.75, 3.05) is 146 Å². The van der Waals surface area contributed by atoms with Crippen LogP contribution in [-0.2, 0) is 136 Å². The van der Waals surface area contributed by atoms with Gasteiger partial charge in [0, 0.05) is 72.1 Å². The molecule has 0 aromatic heterocycles. The highest BCUT2D eigenvalue weighted by molar-refractivity contribution is 8.08. The molecule has 0 saturated carbocycles. The van der Waals surface area contributed by atoms with Gasteiger partial charge >= 0.3 is 26.9 Å². The number of aliphatic hydroxyl groups is 9. The molecule has 0 aromatic rings. The zero-order valence-electron chi connectivity index (χ0n) is 53.8. The van der Waals surface area contributed by atoms with Gasteiger partial charge in [-0.1, -0.05) is 13.8 Å². The number of aliphatic hydroxyl groups excluding tert-OH is 9. The summed E-state index contributed by atoms with van der Waals surface area (Å²) in [6.07, 6.45) is -9.36. The smallest absolute Gasteiger partial charge is 0.324 e. The Hall–Kier alpha value is 0.830. The molecule has 3 heterocycles. The normalized spacial score (nSPS) is 30.0. The van der Waals surface area contributed by atoms with Crippen LogP contribution in [0.1, 0.15) is 91.4 Å². The number of hydrogen-bond donors (Lipinski definition) is 14. The minimum atomic E-state index is -3.70. The van der Waals surface area contributed by atoms with Crippen molar-refractivity contribution in [2.45, 2.75) is 171 Å². The molecule has 3 rings (SSSR count). The molecule has 41 heteroatoms. The molecule has 19 atom stereocenters. The Labute approximate surface area is 570 Å². The third-order valence-electron chi connectivity index (χ3n) is 14.7. The summed E-state index contributed by atoms with van der Waals surface area (Å²) in [5.74, 6) is -1.59. The Kier molecular flexibility index (Phi) is 45.4. The highest BCUT2D eigenvalue weighted by Crippen LogP contribution is 2.46. The van der Waals surface area contributed by atoms with Crippen molar-refractivity contribution in [3.05, 3.63) is 0 Å². The zero-order chi connectivity index (χ0) is 69.8. The molecule has 1 amide bonds. The summed E-state index contributed by atoms with van der Waals surface area (Å²) in [5.41, 5.74) is -0.974. The first-order valence-electron chi connectivity index (χ1n) is 31.3. The number of ether oxygens (including phenoxy) is 10. The summed E-state index contributed by atoms with van der Waals surface area (Å²) in [7, 11) is 1.26. The molecular weight excluding hydrogens is 1410 g/mol. The zero-order valence-corrected chi connectivity index (χ0v) is 60.6. The fourth-order valence-electron chi connectivity index (χ4n) is 9.26. The van der Waals surface area contributed by atoms with E-state index in [1.165, 1.54) is 14.0 Å². The third-order valence-corrected chi connectivity index (χ3v) is 21.4. The van der Waals surface area contributed by atoms with Crippen LogP contribution in [-0.4, -0.2) is 297 Å². The first kappa shape index (κ1) is 89.0. The van der Waals surface area contributed by atoms with Crippen LogP contribution in [0.4, 0.5) is 0 Å². The van der Waals surface area contributed by atoms with Gasteiger partial charge in [0.15, 0.2) is 18.9 Å². The van der Waals surface area contributed by atoms with E-state index in [0.717, 1.165) is 0 Å². The number of nitrogens with one attached hydrogen (secondary N) is 1. The molecule has 14 N–H and O–H groups in total. The molecule has 0 aromatic carbocycles. The maximum Gasteiger partial charge on any atom is 0.324 e. The number of hydrogen-bond acceptors (Lipinski definition) is 32. The summed E-state index contributed by atoms with van der Waals surface area (Å²) in [5, 5.41) is 92.6. The Balaban J connectivity index is 1.55. The molecule has 558 valence electrons. The van der Waals surface area contributed by atoms with Gasteiger partial charge < -0.3 is 154 Å². The Bertz CT molecular complexity index is 2160. The molecule has 0 aliphatic carbocycles. The van der Waals surface area contributed by atoms with Crippen LogP contribution < -0.4 is 5.32 Å². The molecule has 0 bridgehead atoms. The Morgan fingerprint density at radius 2 is 0.670 bits per heavy atom. The van der Waals surface area contributed by atoms with Crippen molar-refractivity contribution in [1.82, 2.24) is 5.32 Å². The minimum absolute atomic E-state index is 0.00622. The molecule has 3 saturated heterocycles. The molecule has 94 heavy (non-hydrogen) atoms. The topological polar surface area (TPSA) is 458 Å². The van der Waals surface area contributed by atoms with Gasteiger partial charge in [-0.2, -0.15) is 0 Å². The lowest BCUT2D eigenvalue weighted by atomic mass is 9.92. The summed E-state index contributed by atoms with van der Waals surface area (Å²) in [6, 6.07) is -1.10. The molecule has 3 aliphatic rings. The number of carbonyl (C=O) groups is 1. The maximum absolute atomic E-state index is 11.7. The van der Waals surface area contributed by atoms with Gasteiger partial charge in [-0.25, -0.2) is 0 Å². The van der Waals surface area contributed by atoms with Crippen molar-refractivity contribution in [2.24, 2.45) is 17.3 Å².